The normalized spacial score (nSPS) is 16.4. The Morgan fingerprint density at radius 2 is 1.75 bits per heavy atom. The van der Waals surface area contributed by atoms with Gasteiger partial charge in [-0.25, -0.2) is 0 Å². The Morgan fingerprint density at radius 1 is 0.958 bits per heavy atom. The highest BCUT2D eigenvalue weighted by Crippen LogP contribution is 2.40. The third-order valence-electron chi connectivity index (χ3n) is 4.69. The van der Waals surface area contributed by atoms with Crippen LogP contribution < -0.4 is 19.5 Å². The van der Waals surface area contributed by atoms with Crippen LogP contribution in [0.4, 0.5) is 0 Å². The minimum absolute atomic E-state index is 0.382. The zero-order valence-corrected chi connectivity index (χ0v) is 14.6. The van der Waals surface area contributed by atoms with Crippen molar-refractivity contribution in [3.05, 3.63) is 53.1 Å². The smallest absolute Gasteiger partial charge is 0.203 e. The van der Waals surface area contributed by atoms with E-state index in [0.29, 0.717) is 17.5 Å². The van der Waals surface area contributed by atoms with Crippen LogP contribution in [0.15, 0.2) is 36.4 Å². The molecule has 0 radical (unpaired) electrons. The van der Waals surface area contributed by atoms with E-state index in [0.717, 1.165) is 24.3 Å². The summed E-state index contributed by atoms with van der Waals surface area (Å²) in [6, 6.07) is 13.1. The van der Waals surface area contributed by atoms with Gasteiger partial charge in [0.15, 0.2) is 11.5 Å². The second-order valence-electron chi connectivity index (χ2n) is 6.02. The molecule has 1 N–H and O–H groups in total. The summed E-state index contributed by atoms with van der Waals surface area (Å²) >= 11 is 0. The Kier molecular flexibility index (Phi) is 5.26. The molecule has 0 aliphatic heterocycles. The molecule has 0 saturated heterocycles. The lowest BCUT2D eigenvalue weighted by Gasteiger charge is -2.27. The zero-order valence-electron chi connectivity index (χ0n) is 14.6. The lowest BCUT2D eigenvalue weighted by Crippen LogP contribution is -2.25. The van der Waals surface area contributed by atoms with Crippen LogP contribution in [0, 0.1) is 0 Å². The van der Waals surface area contributed by atoms with Gasteiger partial charge in [0.2, 0.25) is 5.75 Å². The zero-order chi connectivity index (χ0) is 16.9. The predicted molar refractivity (Wildman–Crippen MR) is 95.1 cm³/mol. The van der Waals surface area contributed by atoms with Gasteiger partial charge in [0, 0.05) is 18.2 Å². The fourth-order valence-electron chi connectivity index (χ4n) is 3.50. The van der Waals surface area contributed by atoms with E-state index in [2.05, 4.69) is 29.6 Å². The number of benzene rings is 2. The van der Waals surface area contributed by atoms with Crippen LogP contribution in [0.5, 0.6) is 17.2 Å². The molecule has 0 amide bonds. The summed E-state index contributed by atoms with van der Waals surface area (Å²) < 4.78 is 16.4. The van der Waals surface area contributed by atoms with Crippen molar-refractivity contribution in [3.8, 4) is 17.2 Å². The van der Waals surface area contributed by atoms with Crippen molar-refractivity contribution in [2.24, 2.45) is 0 Å². The van der Waals surface area contributed by atoms with Gasteiger partial charge in [-0.1, -0.05) is 30.3 Å². The van der Waals surface area contributed by atoms with Crippen molar-refractivity contribution in [2.75, 3.05) is 21.3 Å². The highest BCUT2D eigenvalue weighted by atomic mass is 16.5. The van der Waals surface area contributed by atoms with Crippen LogP contribution in [0.1, 0.15) is 35.6 Å². The van der Waals surface area contributed by atoms with Crippen LogP contribution in [0.2, 0.25) is 0 Å². The van der Waals surface area contributed by atoms with E-state index < -0.39 is 0 Å². The van der Waals surface area contributed by atoms with Crippen LogP contribution in [0.25, 0.3) is 0 Å². The monoisotopic (exact) mass is 327 g/mol. The first-order chi connectivity index (χ1) is 11.8. The van der Waals surface area contributed by atoms with Crippen molar-refractivity contribution in [1.29, 1.82) is 0 Å². The molecule has 24 heavy (non-hydrogen) atoms. The number of fused-ring (bicyclic) bond motifs is 1. The molecule has 1 atom stereocenters. The number of methoxy groups -OCH3 is 3. The van der Waals surface area contributed by atoms with Gasteiger partial charge < -0.3 is 19.5 Å². The lowest BCUT2D eigenvalue weighted by atomic mass is 9.87. The molecular formula is C20H25NO3. The molecule has 0 bridgehead atoms. The fourth-order valence-corrected chi connectivity index (χ4v) is 3.50. The molecule has 0 aromatic heterocycles. The van der Waals surface area contributed by atoms with Gasteiger partial charge >= 0.3 is 0 Å². The number of nitrogens with one attached hydrogen (secondary N) is 1. The van der Waals surface area contributed by atoms with E-state index in [1.54, 1.807) is 21.3 Å². The molecule has 3 rings (SSSR count). The van der Waals surface area contributed by atoms with Gasteiger partial charge in [0.1, 0.15) is 0 Å². The van der Waals surface area contributed by atoms with Gasteiger partial charge in [-0.2, -0.15) is 0 Å². The number of aryl methyl sites for hydroxylation is 1. The number of hydrogen-bond donors (Lipinski definition) is 1. The lowest BCUT2D eigenvalue weighted by molar-refractivity contribution is 0.320. The third kappa shape index (κ3) is 3.20. The molecule has 2 aromatic rings. The molecule has 0 heterocycles. The summed E-state index contributed by atoms with van der Waals surface area (Å²) in [5.74, 6) is 2.05. The van der Waals surface area contributed by atoms with Gasteiger partial charge in [0.05, 0.1) is 21.3 Å². The summed E-state index contributed by atoms with van der Waals surface area (Å²) in [5.41, 5.74) is 3.95. The average Bonchev–Trinajstić information content (AvgIpc) is 2.65. The van der Waals surface area contributed by atoms with Gasteiger partial charge in [-0.3, -0.25) is 0 Å². The van der Waals surface area contributed by atoms with E-state index in [1.807, 2.05) is 12.1 Å². The van der Waals surface area contributed by atoms with E-state index in [-0.39, 0.29) is 0 Å². The largest absolute Gasteiger partial charge is 0.493 e. The standard InChI is InChI=1S/C20H25NO3/c1-22-18-12-11-15(19(23-2)20(18)24-3)13-21-17-10-6-8-14-7-4-5-9-16(14)17/h4-5,7,9,11-12,17,21H,6,8,10,13H2,1-3H3/t17-/m1/s1. The Bertz CT molecular complexity index is 699. The van der Waals surface area contributed by atoms with E-state index in [1.165, 1.54) is 24.0 Å². The molecule has 128 valence electrons. The van der Waals surface area contributed by atoms with Crippen LogP contribution in [-0.4, -0.2) is 21.3 Å². The van der Waals surface area contributed by atoms with E-state index >= 15 is 0 Å². The van der Waals surface area contributed by atoms with Crippen LogP contribution in [0.3, 0.4) is 0 Å². The summed E-state index contributed by atoms with van der Waals surface area (Å²) in [6.07, 6.45) is 3.55. The summed E-state index contributed by atoms with van der Waals surface area (Å²) in [5, 5.41) is 3.68. The quantitative estimate of drug-likeness (QED) is 0.874. The third-order valence-corrected chi connectivity index (χ3v) is 4.69. The first-order valence-corrected chi connectivity index (χ1v) is 8.37. The molecule has 0 unspecified atom stereocenters. The SMILES string of the molecule is COc1ccc(CN[C@@H]2CCCc3ccccc32)c(OC)c1OC. The van der Waals surface area contributed by atoms with E-state index in [9.17, 15) is 0 Å². The molecule has 0 fully saturated rings. The maximum Gasteiger partial charge on any atom is 0.203 e. The van der Waals surface area contributed by atoms with E-state index in [4.69, 9.17) is 14.2 Å². The summed E-state index contributed by atoms with van der Waals surface area (Å²) in [6.45, 7) is 0.725. The van der Waals surface area contributed by atoms with Crippen molar-refractivity contribution in [1.82, 2.24) is 5.32 Å². The Hall–Kier alpha value is -2.20. The van der Waals surface area contributed by atoms with Gasteiger partial charge in [-0.15, -0.1) is 0 Å². The average molecular weight is 327 g/mol. The van der Waals surface area contributed by atoms with Crippen LogP contribution in [-0.2, 0) is 13.0 Å². The number of ether oxygens (including phenoxy) is 3. The molecule has 1 aliphatic rings. The fraction of sp³-hybridized carbons (Fsp3) is 0.400. The maximum atomic E-state index is 5.57. The van der Waals surface area contributed by atoms with Crippen LogP contribution >= 0.6 is 0 Å². The first-order valence-electron chi connectivity index (χ1n) is 8.37. The van der Waals surface area contributed by atoms with Crippen molar-refractivity contribution in [3.63, 3.8) is 0 Å². The van der Waals surface area contributed by atoms with Crippen molar-refractivity contribution < 1.29 is 14.2 Å². The summed E-state index contributed by atoms with van der Waals surface area (Å²) in [4.78, 5) is 0. The second kappa shape index (κ2) is 7.58. The minimum Gasteiger partial charge on any atom is -0.493 e. The Balaban J connectivity index is 1.81. The van der Waals surface area contributed by atoms with Gasteiger partial charge in [0.25, 0.3) is 0 Å². The number of rotatable bonds is 6. The highest BCUT2D eigenvalue weighted by Gasteiger charge is 2.21. The molecule has 1 aliphatic carbocycles. The maximum absolute atomic E-state index is 5.57. The molecule has 4 heteroatoms. The Labute approximate surface area is 143 Å². The summed E-state index contributed by atoms with van der Waals surface area (Å²) in [7, 11) is 4.93. The molecule has 0 spiro atoms. The van der Waals surface area contributed by atoms with Crippen molar-refractivity contribution in [2.45, 2.75) is 31.8 Å². The first kappa shape index (κ1) is 16.7. The number of hydrogen-bond acceptors (Lipinski definition) is 4. The predicted octanol–water partition coefficient (Wildman–Crippen LogP) is 3.88. The second-order valence-corrected chi connectivity index (χ2v) is 6.02. The topological polar surface area (TPSA) is 39.7 Å². The molecule has 0 saturated carbocycles. The van der Waals surface area contributed by atoms with Crippen molar-refractivity contribution >= 4 is 0 Å². The van der Waals surface area contributed by atoms with Gasteiger partial charge in [-0.05, 0) is 36.5 Å². The highest BCUT2D eigenvalue weighted by molar-refractivity contribution is 5.55. The molecule has 4 nitrogen and oxygen atoms in total. The molecular weight excluding hydrogens is 302 g/mol. The minimum atomic E-state index is 0.382. The molecule has 2 aromatic carbocycles. The Morgan fingerprint density at radius 3 is 2.50 bits per heavy atom.